The molecule has 0 aliphatic heterocycles. The van der Waals surface area contributed by atoms with Crippen LogP contribution in [-0.2, 0) is 32.1 Å². The second-order valence-corrected chi connectivity index (χ2v) is 8.88. The van der Waals surface area contributed by atoms with Crippen LogP contribution in [0.25, 0.3) is 0 Å². The van der Waals surface area contributed by atoms with E-state index in [2.05, 4.69) is 4.98 Å². The van der Waals surface area contributed by atoms with Gasteiger partial charge in [-0.15, -0.1) is 0 Å². The van der Waals surface area contributed by atoms with E-state index in [1.165, 1.54) is 11.2 Å². The molecule has 1 heterocycles. The fourth-order valence-electron chi connectivity index (χ4n) is 2.60. The first kappa shape index (κ1) is 25.5. The van der Waals surface area contributed by atoms with Crippen molar-refractivity contribution in [3.05, 3.63) is 17.7 Å². The second-order valence-electron chi connectivity index (χ2n) is 8.88. The fourth-order valence-corrected chi connectivity index (χ4v) is 2.60. The summed E-state index contributed by atoms with van der Waals surface area (Å²) < 4.78 is 17.7. The van der Waals surface area contributed by atoms with E-state index in [-0.39, 0.29) is 25.4 Å². The Balaban J connectivity index is 3.24. The molecule has 1 aromatic heterocycles. The number of hydrogen-bond donors (Lipinski definition) is 0. The van der Waals surface area contributed by atoms with E-state index in [0.717, 1.165) is 6.42 Å². The maximum atomic E-state index is 12.8. The molecule has 170 valence electrons. The summed E-state index contributed by atoms with van der Waals surface area (Å²) in [6.07, 6.45) is 1.64. The number of rotatable bonds is 8. The zero-order valence-corrected chi connectivity index (χ0v) is 19.4. The van der Waals surface area contributed by atoms with Crippen LogP contribution in [-0.4, -0.2) is 56.8 Å². The molecule has 9 heteroatoms. The van der Waals surface area contributed by atoms with Gasteiger partial charge in [-0.3, -0.25) is 9.69 Å². The first-order valence-electron chi connectivity index (χ1n) is 10.2. The van der Waals surface area contributed by atoms with Gasteiger partial charge in [0.05, 0.1) is 25.2 Å². The Bertz CT molecular complexity index is 743. The highest BCUT2D eigenvalue weighted by Crippen LogP contribution is 2.18. The average Bonchev–Trinajstić information content (AvgIpc) is 2.94. The maximum absolute atomic E-state index is 12.8. The van der Waals surface area contributed by atoms with Gasteiger partial charge in [-0.25, -0.2) is 14.6 Å². The normalized spacial score (nSPS) is 11.7. The quantitative estimate of drug-likeness (QED) is 0.464. The number of imidazole rings is 1. The van der Waals surface area contributed by atoms with Gasteiger partial charge in [-0.2, -0.15) is 0 Å². The van der Waals surface area contributed by atoms with E-state index in [0.29, 0.717) is 12.2 Å². The Morgan fingerprint density at radius 1 is 1.03 bits per heavy atom. The molecule has 0 fully saturated rings. The standard InChI is InChI=1S/C21H35N3O6/c1-9-11-23-14-22-17(18(26)28-10-2)15(23)12-24(19(27)30-21(6,7)8)13-16(25)29-20(3,4)5/h14H,9-13H2,1-8H3. The summed E-state index contributed by atoms with van der Waals surface area (Å²) in [5, 5.41) is 0. The third-order valence-corrected chi connectivity index (χ3v) is 3.61. The largest absolute Gasteiger partial charge is 0.461 e. The first-order chi connectivity index (χ1) is 13.8. The predicted octanol–water partition coefficient (Wildman–Crippen LogP) is 3.55. The number of carbonyl (C=O) groups is 3. The van der Waals surface area contributed by atoms with Crippen molar-refractivity contribution in [2.24, 2.45) is 0 Å². The van der Waals surface area contributed by atoms with E-state index in [4.69, 9.17) is 14.2 Å². The summed E-state index contributed by atoms with van der Waals surface area (Å²) >= 11 is 0. The minimum absolute atomic E-state index is 0.0533. The molecule has 0 radical (unpaired) electrons. The molecule has 1 aromatic rings. The van der Waals surface area contributed by atoms with Gasteiger partial charge in [0, 0.05) is 6.54 Å². The van der Waals surface area contributed by atoms with Crippen molar-refractivity contribution in [2.45, 2.75) is 86.1 Å². The number of ether oxygens (including phenoxy) is 3. The van der Waals surface area contributed by atoms with Crippen molar-refractivity contribution in [2.75, 3.05) is 13.2 Å². The van der Waals surface area contributed by atoms with Gasteiger partial charge in [0.15, 0.2) is 5.69 Å². The summed E-state index contributed by atoms with van der Waals surface area (Å²) in [5.41, 5.74) is -0.860. The first-order valence-corrected chi connectivity index (χ1v) is 10.2. The maximum Gasteiger partial charge on any atom is 0.411 e. The summed E-state index contributed by atoms with van der Waals surface area (Å²) in [4.78, 5) is 43.0. The van der Waals surface area contributed by atoms with Crippen LogP contribution < -0.4 is 0 Å². The van der Waals surface area contributed by atoms with Crippen molar-refractivity contribution >= 4 is 18.0 Å². The molecule has 0 aromatic carbocycles. The number of carbonyl (C=O) groups excluding carboxylic acids is 3. The monoisotopic (exact) mass is 425 g/mol. The molecule has 0 N–H and O–H groups in total. The molecular weight excluding hydrogens is 390 g/mol. The van der Waals surface area contributed by atoms with Crippen LogP contribution in [0.5, 0.6) is 0 Å². The molecule has 1 amide bonds. The highest BCUT2D eigenvalue weighted by Gasteiger charge is 2.29. The van der Waals surface area contributed by atoms with Crippen LogP contribution in [0.2, 0.25) is 0 Å². The summed E-state index contributed by atoms with van der Waals surface area (Å²) in [5.74, 6) is -1.16. The average molecular weight is 426 g/mol. The van der Waals surface area contributed by atoms with Crippen LogP contribution in [0.1, 0.15) is 78.0 Å². The third kappa shape index (κ3) is 8.42. The van der Waals surface area contributed by atoms with E-state index < -0.39 is 29.2 Å². The molecule has 0 aliphatic rings. The van der Waals surface area contributed by atoms with Crippen molar-refractivity contribution in [3.8, 4) is 0 Å². The zero-order valence-electron chi connectivity index (χ0n) is 19.4. The van der Waals surface area contributed by atoms with Crippen LogP contribution in [0.4, 0.5) is 4.79 Å². The number of hydrogen-bond acceptors (Lipinski definition) is 7. The van der Waals surface area contributed by atoms with Gasteiger partial charge in [0.1, 0.15) is 17.7 Å². The van der Waals surface area contributed by atoms with Crippen LogP contribution in [0, 0.1) is 0 Å². The van der Waals surface area contributed by atoms with Crippen LogP contribution >= 0.6 is 0 Å². The predicted molar refractivity (Wildman–Crippen MR) is 111 cm³/mol. The Kier molecular flexibility index (Phi) is 8.87. The van der Waals surface area contributed by atoms with Gasteiger partial charge in [0.2, 0.25) is 0 Å². The van der Waals surface area contributed by atoms with Crippen molar-refractivity contribution < 1.29 is 28.6 Å². The van der Waals surface area contributed by atoms with Crippen LogP contribution in [0.3, 0.4) is 0 Å². The lowest BCUT2D eigenvalue weighted by atomic mass is 10.2. The van der Waals surface area contributed by atoms with E-state index in [9.17, 15) is 14.4 Å². The van der Waals surface area contributed by atoms with Crippen molar-refractivity contribution in [1.29, 1.82) is 0 Å². The molecule has 0 spiro atoms. The third-order valence-electron chi connectivity index (χ3n) is 3.61. The van der Waals surface area contributed by atoms with E-state index in [1.54, 1.807) is 53.0 Å². The highest BCUT2D eigenvalue weighted by atomic mass is 16.6. The molecule has 0 saturated carbocycles. The van der Waals surface area contributed by atoms with E-state index >= 15 is 0 Å². The highest BCUT2D eigenvalue weighted by molar-refractivity contribution is 5.88. The molecule has 0 unspecified atom stereocenters. The topological polar surface area (TPSA) is 100.0 Å². The molecule has 30 heavy (non-hydrogen) atoms. The van der Waals surface area contributed by atoms with Crippen molar-refractivity contribution in [3.63, 3.8) is 0 Å². The molecule has 0 saturated heterocycles. The van der Waals surface area contributed by atoms with Crippen LogP contribution in [0.15, 0.2) is 6.33 Å². The molecule has 0 aliphatic carbocycles. The number of aromatic nitrogens is 2. The smallest absolute Gasteiger partial charge is 0.411 e. The lowest BCUT2D eigenvalue weighted by molar-refractivity contribution is -0.156. The van der Waals surface area contributed by atoms with Crippen molar-refractivity contribution in [1.82, 2.24) is 14.5 Å². The Morgan fingerprint density at radius 2 is 1.63 bits per heavy atom. The minimum Gasteiger partial charge on any atom is -0.461 e. The molecular formula is C21H35N3O6. The number of nitrogens with zero attached hydrogens (tertiary/aromatic N) is 3. The van der Waals surface area contributed by atoms with Gasteiger partial charge in [-0.1, -0.05) is 6.92 Å². The fraction of sp³-hybridized carbons (Fsp3) is 0.714. The molecule has 0 atom stereocenters. The van der Waals surface area contributed by atoms with Gasteiger partial charge < -0.3 is 18.8 Å². The van der Waals surface area contributed by atoms with Gasteiger partial charge in [-0.05, 0) is 54.9 Å². The van der Waals surface area contributed by atoms with Gasteiger partial charge >= 0.3 is 18.0 Å². The number of aryl methyl sites for hydroxylation is 1. The lowest BCUT2D eigenvalue weighted by Crippen LogP contribution is -2.42. The zero-order chi connectivity index (χ0) is 23.1. The second kappa shape index (κ2) is 10.4. The summed E-state index contributed by atoms with van der Waals surface area (Å²) in [7, 11) is 0. The minimum atomic E-state index is -0.753. The SMILES string of the molecule is CCCn1cnc(C(=O)OCC)c1CN(CC(=O)OC(C)(C)C)C(=O)OC(C)(C)C. The molecule has 1 rings (SSSR count). The van der Waals surface area contributed by atoms with Gasteiger partial charge in [0.25, 0.3) is 0 Å². The summed E-state index contributed by atoms with van der Waals surface area (Å²) in [6, 6.07) is 0. The number of esters is 2. The summed E-state index contributed by atoms with van der Waals surface area (Å²) in [6.45, 7) is 14.6. The lowest BCUT2D eigenvalue weighted by Gasteiger charge is -2.28. The Labute approximate surface area is 178 Å². The number of amides is 1. The Hall–Kier alpha value is -2.58. The van der Waals surface area contributed by atoms with E-state index in [1.807, 2.05) is 6.92 Å². The Morgan fingerprint density at radius 3 is 2.13 bits per heavy atom. The molecule has 9 nitrogen and oxygen atoms in total. The molecule has 0 bridgehead atoms.